The maximum Gasteiger partial charge on any atom is 0.0897 e. The first kappa shape index (κ1) is 11.8. The van der Waals surface area contributed by atoms with E-state index >= 15 is 0 Å². The van der Waals surface area contributed by atoms with Gasteiger partial charge in [0.05, 0.1) is 18.2 Å². The lowest BCUT2D eigenvalue weighted by atomic mass is 10.1. The second kappa shape index (κ2) is 6.13. The summed E-state index contributed by atoms with van der Waals surface area (Å²) in [6, 6.07) is 0. The Labute approximate surface area is 101 Å². The maximum atomic E-state index is 5.27. The van der Waals surface area contributed by atoms with Gasteiger partial charge in [0.2, 0.25) is 0 Å². The van der Waals surface area contributed by atoms with Crippen molar-refractivity contribution < 1.29 is 4.74 Å². The molecule has 0 saturated heterocycles. The molecule has 1 N–H and O–H groups in total. The van der Waals surface area contributed by atoms with Crippen LogP contribution in [0.5, 0.6) is 0 Å². The summed E-state index contributed by atoms with van der Waals surface area (Å²) < 4.78 is 5.27. The van der Waals surface area contributed by atoms with Crippen LogP contribution in [0.1, 0.15) is 22.7 Å². The van der Waals surface area contributed by atoms with Gasteiger partial charge in [-0.2, -0.15) is 0 Å². The molecule has 1 aliphatic heterocycles. The number of rotatable bonds is 5. The van der Waals surface area contributed by atoms with Crippen molar-refractivity contribution in [3.05, 3.63) is 27.7 Å². The summed E-state index contributed by atoms with van der Waals surface area (Å²) in [7, 11) is 0. The zero-order chi connectivity index (χ0) is 11.2. The van der Waals surface area contributed by atoms with E-state index in [2.05, 4.69) is 16.4 Å². The van der Waals surface area contributed by atoms with E-state index in [0.717, 1.165) is 44.2 Å². The fourth-order valence-electron chi connectivity index (χ4n) is 1.74. The van der Waals surface area contributed by atoms with E-state index in [1.165, 1.54) is 10.5 Å². The maximum absolute atomic E-state index is 5.27. The minimum absolute atomic E-state index is 0.795. The highest BCUT2D eigenvalue weighted by molar-refractivity contribution is 7.11. The molecule has 1 aromatic heterocycles. The number of aromatic nitrogens is 1. The summed E-state index contributed by atoms with van der Waals surface area (Å²) >= 11 is 1.77. The quantitative estimate of drug-likeness (QED) is 0.631. The molecule has 0 fully saturated rings. The van der Waals surface area contributed by atoms with Crippen molar-refractivity contribution in [2.45, 2.75) is 26.3 Å². The molecule has 4 heteroatoms. The molecule has 0 bridgehead atoms. The molecule has 88 valence electrons. The standard InChI is InChI=1S/C12H18N2OS/c1-10-14-9-12(16-10)8-13-5-2-11-3-6-15-7-4-11/h3,9,13H,2,4-8H2,1H3. The first-order valence-electron chi connectivity index (χ1n) is 5.72. The Hall–Kier alpha value is -0.710. The molecule has 16 heavy (non-hydrogen) atoms. The van der Waals surface area contributed by atoms with Crippen LogP contribution >= 0.6 is 11.3 Å². The van der Waals surface area contributed by atoms with Gasteiger partial charge >= 0.3 is 0 Å². The van der Waals surface area contributed by atoms with Crippen molar-refractivity contribution in [3.63, 3.8) is 0 Å². The molecule has 0 amide bonds. The third kappa shape index (κ3) is 3.70. The molecular weight excluding hydrogens is 220 g/mol. The minimum Gasteiger partial charge on any atom is -0.377 e. The summed E-state index contributed by atoms with van der Waals surface area (Å²) in [6.45, 7) is 5.71. The minimum atomic E-state index is 0.795. The van der Waals surface area contributed by atoms with Gasteiger partial charge in [-0.05, 0) is 26.3 Å². The van der Waals surface area contributed by atoms with Gasteiger partial charge in [-0.25, -0.2) is 4.98 Å². The van der Waals surface area contributed by atoms with Crippen molar-refractivity contribution in [2.24, 2.45) is 0 Å². The zero-order valence-electron chi connectivity index (χ0n) is 9.66. The highest BCUT2D eigenvalue weighted by Crippen LogP contribution is 2.12. The van der Waals surface area contributed by atoms with Crippen LogP contribution in [0, 0.1) is 6.92 Å². The molecule has 0 saturated carbocycles. The van der Waals surface area contributed by atoms with Gasteiger partial charge in [-0.1, -0.05) is 11.6 Å². The smallest absolute Gasteiger partial charge is 0.0897 e. The first-order chi connectivity index (χ1) is 7.84. The van der Waals surface area contributed by atoms with Gasteiger partial charge in [-0.3, -0.25) is 0 Å². The Morgan fingerprint density at radius 1 is 1.56 bits per heavy atom. The molecule has 1 aromatic rings. The van der Waals surface area contributed by atoms with Crippen LogP contribution in [0.3, 0.4) is 0 Å². The van der Waals surface area contributed by atoms with E-state index < -0.39 is 0 Å². The van der Waals surface area contributed by atoms with Crippen LogP contribution in [0.4, 0.5) is 0 Å². The van der Waals surface area contributed by atoms with Gasteiger partial charge < -0.3 is 10.1 Å². The van der Waals surface area contributed by atoms with Crippen molar-refractivity contribution in [3.8, 4) is 0 Å². The largest absolute Gasteiger partial charge is 0.377 e. The number of aryl methyl sites for hydroxylation is 1. The second-order valence-corrected chi connectivity index (χ2v) is 5.28. The Kier molecular flexibility index (Phi) is 4.51. The van der Waals surface area contributed by atoms with Crippen LogP contribution in [0.25, 0.3) is 0 Å². The Balaban J connectivity index is 1.63. The third-order valence-corrected chi connectivity index (χ3v) is 3.56. The van der Waals surface area contributed by atoms with Crippen molar-refractivity contribution in [2.75, 3.05) is 19.8 Å². The summed E-state index contributed by atoms with van der Waals surface area (Å²) in [4.78, 5) is 5.55. The Morgan fingerprint density at radius 2 is 2.50 bits per heavy atom. The van der Waals surface area contributed by atoms with Crippen LogP contribution in [0.15, 0.2) is 17.8 Å². The molecule has 0 unspecified atom stereocenters. The second-order valence-electron chi connectivity index (χ2n) is 3.96. The topological polar surface area (TPSA) is 34.2 Å². The van der Waals surface area contributed by atoms with Crippen LogP contribution in [-0.4, -0.2) is 24.7 Å². The number of thiazole rings is 1. The predicted molar refractivity (Wildman–Crippen MR) is 66.7 cm³/mol. The lowest BCUT2D eigenvalue weighted by Crippen LogP contribution is -2.16. The zero-order valence-corrected chi connectivity index (χ0v) is 10.5. The van der Waals surface area contributed by atoms with Gasteiger partial charge in [0, 0.05) is 17.6 Å². The van der Waals surface area contributed by atoms with Gasteiger partial charge in [0.25, 0.3) is 0 Å². The van der Waals surface area contributed by atoms with Crippen molar-refractivity contribution >= 4 is 11.3 Å². The van der Waals surface area contributed by atoms with Gasteiger partial charge in [0.1, 0.15) is 0 Å². The first-order valence-corrected chi connectivity index (χ1v) is 6.54. The monoisotopic (exact) mass is 238 g/mol. The SMILES string of the molecule is Cc1ncc(CNCCC2=CCOCC2)s1. The molecule has 2 heterocycles. The molecule has 0 radical (unpaired) electrons. The lowest BCUT2D eigenvalue weighted by molar-refractivity contribution is 0.153. The molecule has 2 rings (SSSR count). The summed E-state index contributed by atoms with van der Waals surface area (Å²) in [5.74, 6) is 0. The number of nitrogens with zero attached hydrogens (tertiary/aromatic N) is 1. The van der Waals surface area contributed by atoms with E-state index in [9.17, 15) is 0 Å². The normalized spacial score (nSPS) is 16.2. The lowest BCUT2D eigenvalue weighted by Gasteiger charge is -2.13. The summed E-state index contributed by atoms with van der Waals surface area (Å²) in [5, 5.41) is 4.59. The third-order valence-electron chi connectivity index (χ3n) is 2.65. The molecular formula is C12H18N2OS. The number of nitrogens with one attached hydrogen (secondary N) is 1. The number of ether oxygens (including phenoxy) is 1. The van der Waals surface area contributed by atoms with Crippen molar-refractivity contribution in [1.82, 2.24) is 10.3 Å². The molecule has 0 aromatic carbocycles. The van der Waals surface area contributed by atoms with Crippen LogP contribution < -0.4 is 5.32 Å². The van der Waals surface area contributed by atoms with E-state index in [1.54, 1.807) is 11.3 Å². The average Bonchev–Trinajstić information content (AvgIpc) is 2.72. The highest BCUT2D eigenvalue weighted by atomic mass is 32.1. The molecule has 0 aliphatic carbocycles. The summed E-state index contributed by atoms with van der Waals surface area (Å²) in [5.41, 5.74) is 1.53. The van der Waals surface area contributed by atoms with E-state index in [-0.39, 0.29) is 0 Å². The van der Waals surface area contributed by atoms with Crippen LogP contribution in [0.2, 0.25) is 0 Å². The van der Waals surface area contributed by atoms with Crippen molar-refractivity contribution in [1.29, 1.82) is 0 Å². The number of hydrogen-bond acceptors (Lipinski definition) is 4. The van der Waals surface area contributed by atoms with E-state index in [0.29, 0.717) is 0 Å². The Morgan fingerprint density at radius 3 is 3.19 bits per heavy atom. The van der Waals surface area contributed by atoms with Gasteiger partial charge in [0.15, 0.2) is 0 Å². The predicted octanol–water partition coefficient (Wildman–Crippen LogP) is 2.28. The fourth-order valence-corrected chi connectivity index (χ4v) is 2.50. The highest BCUT2D eigenvalue weighted by Gasteiger charge is 2.03. The fraction of sp³-hybridized carbons (Fsp3) is 0.583. The van der Waals surface area contributed by atoms with E-state index in [4.69, 9.17) is 4.74 Å². The molecule has 1 aliphatic rings. The van der Waals surface area contributed by atoms with Gasteiger partial charge in [-0.15, -0.1) is 11.3 Å². The Bertz CT molecular complexity index is 360. The molecule has 3 nitrogen and oxygen atoms in total. The molecule has 0 atom stereocenters. The number of hydrogen-bond donors (Lipinski definition) is 1. The van der Waals surface area contributed by atoms with Crippen LogP contribution in [-0.2, 0) is 11.3 Å². The summed E-state index contributed by atoms with van der Waals surface area (Å²) in [6.07, 6.45) is 6.41. The molecule has 0 spiro atoms. The van der Waals surface area contributed by atoms with E-state index in [1.807, 2.05) is 13.1 Å². The average molecular weight is 238 g/mol.